The second kappa shape index (κ2) is 14.9. The fourth-order valence-corrected chi connectivity index (χ4v) is 12.2. The van der Waals surface area contributed by atoms with E-state index in [9.17, 15) is 0 Å². The number of para-hydroxylation sites is 4. The minimum absolute atomic E-state index is 0.466. The largest absolute Gasteiger partial charge is 0.456 e. The van der Waals surface area contributed by atoms with Crippen molar-refractivity contribution >= 4 is 60.8 Å². The van der Waals surface area contributed by atoms with Crippen LogP contribution in [0.25, 0.3) is 93.9 Å². The fraction of sp³-hybridized carbons (Fsp3) is 0.0149. The van der Waals surface area contributed by atoms with E-state index < -0.39 is 5.41 Å². The van der Waals surface area contributed by atoms with Crippen molar-refractivity contribution in [3.63, 3.8) is 0 Å². The number of anilines is 3. The molecule has 13 aromatic rings. The highest BCUT2D eigenvalue weighted by atomic mass is 16.3. The number of hydrogen-bond donors (Lipinski definition) is 0. The predicted molar refractivity (Wildman–Crippen MR) is 290 cm³/mol. The lowest BCUT2D eigenvalue weighted by molar-refractivity contribution is 0.669. The van der Waals surface area contributed by atoms with E-state index in [2.05, 4.69) is 252 Å². The molecule has 0 N–H and O–H groups in total. The number of rotatable bonds is 6. The molecule has 1 aliphatic heterocycles. The van der Waals surface area contributed by atoms with Crippen molar-refractivity contribution in [3.8, 4) is 50.2 Å². The van der Waals surface area contributed by atoms with E-state index >= 15 is 0 Å². The molecule has 0 saturated carbocycles. The Labute approximate surface area is 405 Å². The lowest BCUT2D eigenvalue weighted by Crippen LogP contribution is -2.33. The number of aromatic nitrogens is 1. The Bertz CT molecular complexity index is 4200. The van der Waals surface area contributed by atoms with Gasteiger partial charge in [-0.1, -0.05) is 188 Å². The van der Waals surface area contributed by atoms with Crippen molar-refractivity contribution in [2.45, 2.75) is 5.41 Å². The number of fused-ring (bicyclic) bond motifs is 15. The Kier molecular flexibility index (Phi) is 8.28. The maximum absolute atomic E-state index is 6.21. The summed E-state index contributed by atoms with van der Waals surface area (Å²) in [5, 5.41) is 4.71. The van der Waals surface area contributed by atoms with Gasteiger partial charge in [0.2, 0.25) is 0 Å². The summed E-state index contributed by atoms with van der Waals surface area (Å²) in [5.41, 5.74) is 23.2. The SMILES string of the molecule is c1ccc(-c2cccc(-c3ccccc3N(c3ccc(-c4ccc5oc6ccccc6c5c4)cc3)c3ccc4c(c3)c3cccc5c3n4-c3ccccc3C53c4ccccc4-c4ccccc43)c2)cc1. The summed E-state index contributed by atoms with van der Waals surface area (Å²) < 4.78 is 8.75. The topological polar surface area (TPSA) is 21.3 Å². The molecule has 2 aromatic heterocycles. The fourth-order valence-electron chi connectivity index (χ4n) is 12.2. The van der Waals surface area contributed by atoms with Crippen LogP contribution in [0.4, 0.5) is 17.1 Å². The van der Waals surface area contributed by atoms with Crippen LogP contribution in [0.2, 0.25) is 0 Å². The molecular weight excluding hydrogens is 849 g/mol. The first-order valence-corrected chi connectivity index (χ1v) is 24.2. The van der Waals surface area contributed by atoms with Crippen LogP contribution in [0.15, 0.2) is 259 Å². The van der Waals surface area contributed by atoms with E-state index in [1.54, 1.807) is 0 Å². The number of nitrogens with zero attached hydrogens (tertiary/aromatic N) is 2. The molecule has 70 heavy (non-hydrogen) atoms. The maximum Gasteiger partial charge on any atom is 0.135 e. The Morgan fingerprint density at radius 2 is 0.900 bits per heavy atom. The van der Waals surface area contributed by atoms with Gasteiger partial charge in [0.15, 0.2) is 0 Å². The molecule has 3 heterocycles. The third-order valence-electron chi connectivity index (χ3n) is 15.2. The Morgan fingerprint density at radius 1 is 0.329 bits per heavy atom. The first-order valence-electron chi connectivity index (χ1n) is 24.2. The van der Waals surface area contributed by atoms with Gasteiger partial charge in [0.25, 0.3) is 0 Å². The zero-order valence-electron chi connectivity index (χ0n) is 38.1. The number of furan rings is 1. The average Bonchev–Trinajstić information content (AvgIpc) is 4.08. The number of hydrogen-bond acceptors (Lipinski definition) is 2. The first-order chi connectivity index (χ1) is 34.7. The predicted octanol–water partition coefficient (Wildman–Crippen LogP) is 17.8. The zero-order valence-corrected chi connectivity index (χ0v) is 38.1. The van der Waals surface area contributed by atoms with Crippen molar-refractivity contribution in [1.82, 2.24) is 4.57 Å². The Hall–Kier alpha value is -9.18. The van der Waals surface area contributed by atoms with E-state index in [-0.39, 0.29) is 0 Å². The molecule has 0 saturated heterocycles. The van der Waals surface area contributed by atoms with E-state index in [1.807, 2.05) is 12.1 Å². The van der Waals surface area contributed by atoms with Crippen molar-refractivity contribution in [2.24, 2.45) is 0 Å². The van der Waals surface area contributed by atoms with Gasteiger partial charge in [-0.15, -0.1) is 0 Å². The van der Waals surface area contributed by atoms with Gasteiger partial charge < -0.3 is 13.9 Å². The summed E-state index contributed by atoms with van der Waals surface area (Å²) in [6.45, 7) is 0. The molecule has 0 radical (unpaired) electrons. The minimum atomic E-state index is -0.466. The van der Waals surface area contributed by atoms with Gasteiger partial charge in [-0.3, -0.25) is 0 Å². The van der Waals surface area contributed by atoms with Crippen LogP contribution >= 0.6 is 0 Å². The molecule has 0 atom stereocenters. The summed E-state index contributed by atoms with van der Waals surface area (Å²) in [5.74, 6) is 0. The van der Waals surface area contributed by atoms with E-state index in [4.69, 9.17) is 4.42 Å². The first kappa shape index (κ1) is 38.9. The molecule has 326 valence electrons. The van der Waals surface area contributed by atoms with Crippen LogP contribution in [0.5, 0.6) is 0 Å². The smallest absolute Gasteiger partial charge is 0.135 e. The lowest BCUT2D eigenvalue weighted by atomic mass is 9.65. The normalized spacial score (nSPS) is 13.0. The summed E-state index contributed by atoms with van der Waals surface area (Å²) in [6.07, 6.45) is 0. The molecule has 1 aliphatic carbocycles. The lowest BCUT2D eigenvalue weighted by Gasteiger charge is -2.39. The molecule has 11 aromatic carbocycles. The van der Waals surface area contributed by atoms with Gasteiger partial charge in [-0.05, 0) is 128 Å². The van der Waals surface area contributed by atoms with Crippen LogP contribution in [0.1, 0.15) is 22.3 Å². The highest BCUT2D eigenvalue weighted by Gasteiger charge is 2.50. The van der Waals surface area contributed by atoms with Crippen molar-refractivity contribution in [1.29, 1.82) is 0 Å². The molecular formula is C67H42N2O. The minimum Gasteiger partial charge on any atom is -0.456 e. The average molecular weight is 891 g/mol. The van der Waals surface area contributed by atoms with Gasteiger partial charge >= 0.3 is 0 Å². The number of benzene rings is 11. The molecule has 0 bridgehead atoms. The monoisotopic (exact) mass is 890 g/mol. The molecule has 3 heteroatoms. The highest BCUT2D eigenvalue weighted by Crippen LogP contribution is 2.61. The standard InChI is InChI=1S/C67H42N2O/c1-2-16-43(17-3-1)45-18-14-19-47(40-45)50-20-6-11-29-61(50)68(48-35-32-44(33-36-48)46-34-39-65-56(41-46)53-23-7-13-31-64(53)70-65)49-37-38-62-55(42-49)54-24-15-28-60-66(54)69(62)63-30-12-10-27-59(63)67(60)57-25-8-4-21-51(57)52-22-5-9-26-58(52)67/h1-42H. The van der Waals surface area contributed by atoms with E-state index in [0.717, 1.165) is 61.3 Å². The second-order valence-electron chi connectivity index (χ2n) is 18.8. The van der Waals surface area contributed by atoms with Crippen LogP contribution < -0.4 is 4.90 Å². The summed E-state index contributed by atoms with van der Waals surface area (Å²) in [7, 11) is 0. The summed E-state index contributed by atoms with van der Waals surface area (Å²) >= 11 is 0. The van der Waals surface area contributed by atoms with Crippen molar-refractivity contribution in [2.75, 3.05) is 4.90 Å². The van der Waals surface area contributed by atoms with Gasteiger partial charge in [0.05, 0.1) is 27.8 Å². The van der Waals surface area contributed by atoms with Crippen LogP contribution in [0, 0.1) is 0 Å². The molecule has 3 nitrogen and oxygen atoms in total. The molecule has 0 fully saturated rings. The van der Waals surface area contributed by atoms with E-state index in [0.29, 0.717) is 0 Å². The third-order valence-corrected chi connectivity index (χ3v) is 15.2. The van der Waals surface area contributed by atoms with E-state index in [1.165, 1.54) is 72.0 Å². The van der Waals surface area contributed by atoms with Crippen LogP contribution in [0.3, 0.4) is 0 Å². The van der Waals surface area contributed by atoms with Crippen molar-refractivity contribution < 1.29 is 4.42 Å². The van der Waals surface area contributed by atoms with Gasteiger partial charge in [0.1, 0.15) is 11.2 Å². The van der Waals surface area contributed by atoms with Gasteiger partial charge in [-0.25, -0.2) is 0 Å². The zero-order chi connectivity index (χ0) is 45.9. The maximum atomic E-state index is 6.21. The molecule has 1 spiro atoms. The Balaban J connectivity index is 0.946. The molecule has 0 unspecified atom stereocenters. The Morgan fingerprint density at radius 3 is 1.73 bits per heavy atom. The molecule has 15 rings (SSSR count). The summed E-state index contributed by atoms with van der Waals surface area (Å²) in [4.78, 5) is 2.45. The molecule has 2 aliphatic rings. The highest BCUT2D eigenvalue weighted by molar-refractivity contribution is 6.14. The molecule has 0 amide bonds. The second-order valence-corrected chi connectivity index (χ2v) is 18.8. The third kappa shape index (κ3) is 5.46. The summed E-state index contributed by atoms with van der Waals surface area (Å²) in [6, 6.07) is 93.7. The quantitative estimate of drug-likeness (QED) is 0.166. The van der Waals surface area contributed by atoms with Crippen LogP contribution in [-0.2, 0) is 5.41 Å². The van der Waals surface area contributed by atoms with Crippen molar-refractivity contribution in [3.05, 3.63) is 277 Å². The van der Waals surface area contributed by atoms with Gasteiger partial charge in [0, 0.05) is 38.5 Å². The van der Waals surface area contributed by atoms with Gasteiger partial charge in [-0.2, -0.15) is 0 Å². The van der Waals surface area contributed by atoms with Crippen LogP contribution in [-0.4, -0.2) is 4.57 Å².